The average Bonchev–Trinajstić information content (AvgIpc) is 2.00. The largest absolute Gasteiger partial charge is 0.377 e. The van der Waals surface area contributed by atoms with Crippen molar-refractivity contribution in [3.8, 4) is 12.3 Å². The zero-order valence-electron chi connectivity index (χ0n) is 8.04. The summed E-state index contributed by atoms with van der Waals surface area (Å²) < 4.78 is 0. The molecule has 0 radical (unpaired) electrons. The smallest absolute Gasteiger partial charge is 0.128 e. The van der Waals surface area contributed by atoms with Crippen LogP contribution in [-0.4, -0.2) is 34.7 Å². The van der Waals surface area contributed by atoms with Crippen LogP contribution < -0.4 is 0 Å². The molecule has 1 heterocycles. The first kappa shape index (κ1) is 9.57. The van der Waals surface area contributed by atoms with E-state index in [-0.39, 0.29) is 0 Å². The topological polar surface area (TPSA) is 23.5 Å². The molecule has 0 saturated carbocycles. The van der Waals surface area contributed by atoms with Crippen molar-refractivity contribution in [2.45, 2.75) is 44.4 Å². The Labute approximate surface area is 74.6 Å². The molecule has 1 saturated heterocycles. The average molecular weight is 167 g/mol. The van der Waals surface area contributed by atoms with Gasteiger partial charge in [0.1, 0.15) is 5.60 Å². The van der Waals surface area contributed by atoms with Crippen LogP contribution in [0, 0.1) is 12.3 Å². The van der Waals surface area contributed by atoms with E-state index in [0.717, 1.165) is 0 Å². The number of piperidine rings is 1. The van der Waals surface area contributed by atoms with Crippen LogP contribution in [0.15, 0.2) is 0 Å². The Bertz CT molecular complexity index is 194. The first-order valence-electron chi connectivity index (χ1n) is 4.40. The van der Waals surface area contributed by atoms with Gasteiger partial charge in [-0.15, -0.1) is 6.42 Å². The Kier molecular flexibility index (Phi) is 2.46. The molecule has 1 unspecified atom stereocenters. The molecule has 0 bridgehead atoms. The number of terminal acetylenes is 1. The number of hydrogen-bond acceptors (Lipinski definition) is 2. The van der Waals surface area contributed by atoms with Crippen LogP contribution in [0.4, 0.5) is 0 Å². The van der Waals surface area contributed by atoms with Gasteiger partial charge in [0, 0.05) is 24.9 Å². The van der Waals surface area contributed by atoms with Gasteiger partial charge in [-0.25, -0.2) is 0 Å². The Morgan fingerprint density at radius 1 is 1.42 bits per heavy atom. The fraction of sp³-hybridized carbons (Fsp3) is 0.800. The van der Waals surface area contributed by atoms with Crippen LogP contribution in [0.25, 0.3) is 0 Å². The normalized spacial score (nSPS) is 43.9. The highest BCUT2D eigenvalue weighted by Gasteiger charge is 2.37. The Morgan fingerprint density at radius 3 is 2.17 bits per heavy atom. The van der Waals surface area contributed by atoms with Gasteiger partial charge in [-0.05, 0) is 20.9 Å². The maximum atomic E-state index is 9.88. The molecule has 0 aromatic carbocycles. The SMILES string of the molecule is C#CC1(O)C[C@@H](C)N(C)[C@@H](C)C1. The number of rotatable bonds is 0. The predicted octanol–water partition coefficient (Wildman–Crippen LogP) is 0.853. The molecule has 0 aromatic rings. The van der Waals surface area contributed by atoms with E-state index in [1.54, 1.807) is 0 Å². The van der Waals surface area contributed by atoms with Crippen molar-refractivity contribution in [3.63, 3.8) is 0 Å². The summed E-state index contributed by atoms with van der Waals surface area (Å²) in [5, 5.41) is 9.88. The molecule has 3 atom stereocenters. The fourth-order valence-corrected chi connectivity index (χ4v) is 1.90. The second kappa shape index (κ2) is 3.08. The third kappa shape index (κ3) is 1.63. The van der Waals surface area contributed by atoms with Crippen LogP contribution in [0.5, 0.6) is 0 Å². The molecule has 2 heteroatoms. The number of nitrogens with zero attached hydrogens (tertiary/aromatic N) is 1. The highest BCUT2D eigenvalue weighted by molar-refractivity contribution is 5.11. The standard InChI is InChI=1S/C10H17NO/c1-5-10(12)6-8(2)11(4)9(3)7-10/h1,8-9,12H,6-7H2,2-4H3/t8-,9+,10?. The maximum absolute atomic E-state index is 9.88. The minimum Gasteiger partial charge on any atom is -0.377 e. The summed E-state index contributed by atoms with van der Waals surface area (Å²) in [5.41, 5.74) is -0.870. The van der Waals surface area contributed by atoms with Gasteiger partial charge in [0.05, 0.1) is 0 Å². The quantitative estimate of drug-likeness (QED) is 0.541. The highest BCUT2D eigenvalue weighted by Crippen LogP contribution is 2.29. The summed E-state index contributed by atoms with van der Waals surface area (Å²) in [6.45, 7) is 4.19. The van der Waals surface area contributed by atoms with Gasteiger partial charge in [-0.1, -0.05) is 5.92 Å². The van der Waals surface area contributed by atoms with Crippen molar-refractivity contribution in [2.24, 2.45) is 0 Å². The third-order valence-corrected chi connectivity index (χ3v) is 2.93. The van der Waals surface area contributed by atoms with Gasteiger partial charge in [0.15, 0.2) is 0 Å². The summed E-state index contributed by atoms with van der Waals surface area (Å²) >= 11 is 0. The van der Waals surface area contributed by atoms with Crippen LogP contribution in [0.3, 0.4) is 0 Å². The van der Waals surface area contributed by atoms with Gasteiger partial charge < -0.3 is 10.0 Å². The van der Waals surface area contributed by atoms with Crippen molar-refractivity contribution in [1.82, 2.24) is 4.90 Å². The van der Waals surface area contributed by atoms with E-state index in [1.165, 1.54) is 0 Å². The number of hydrogen-bond donors (Lipinski definition) is 1. The van der Waals surface area contributed by atoms with E-state index in [4.69, 9.17) is 6.42 Å². The van der Waals surface area contributed by atoms with E-state index in [9.17, 15) is 5.11 Å². The van der Waals surface area contributed by atoms with Crippen LogP contribution >= 0.6 is 0 Å². The third-order valence-electron chi connectivity index (χ3n) is 2.93. The van der Waals surface area contributed by atoms with E-state index in [1.807, 2.05) is 0 Å². The lowest BCUT2D eigenvalue weighted by Gasteiger charge is -2.42. The molecule has 1 N–H and O–H groups in total. The van der Waals surface area contributed by atoms with E-state index in [0.29, 0.717) is 24.9 Å². The van der Waals surface area contributed by atoms with E-state index in [2.05, 4.69) is 31.7 Å². The molecule has 0 aromatic heterocycles. The second-order valence-corrected chi connectivity index (χ2v) is 3.95. The zero-order chi connectivity index (χ0) is 9.35. The molecule has 2 nitrogen and oxygen atoms in total. The summed E-state index contributed by atoms with van der Waals surface area (Å²) in [5.74, 6) is 2.49. The fourth-order valence-electron chi connectivity index (χ4n) is 1.90. The van der Waals surface area contributed by atoms with E-state index >= 15 is 0 Å². The Morgan fingerprint density at radius 2 is 1.83 bits per heavy atom. The lowest BCUT2D eigenvalue weighted by atomic mass is 9.84. The van der Waals surface area contributed by atoms with Crippen molar-refractivity contribution >= 4 is 0 Å². The van der Waals surface area contributed by atoms with Crippen molar-refractivity contribution < 1.29 is 5.11 Å². The predicted molar refractivity (Wildman–Crippen MR) is 49.7 cm³/mol. The summed E-state index contributed by atoms with van der Waals surface area (Å²) in [4.78, 5) is 2.26. The number of likely N-dealkylation sites (tertiary alicyclic amines) is 1. The molecule has 0 amide bonds. The molecule has 0 aliphatic carbocycles. The minimum atomic E-state index is -0.870. The molecular formula is C10H17NO. The first-order chi connectivity index (χ1) is 5.48. The van der Waals surface area contributed by atoms with Crippen molar-refractivity contribution in [1.29, 1.82) is 0 Å². The summed E-state index contributed by atoms with van der Waals surface area (Å²) in [6, 6.07) is 0.740. The molecule has 1 fully saturated rings. The maximum Gasteiger partial charge on any atom is 0.128 e. The summed E-state index contributed by atoms with van der Waals surface area (Å²) in [7, 11) is 2.07. The second-order valence-electron chi connectivity index (χ2n) is 3.95. The Balaban J connectivity index is 2.73. The van der Waals surface area contributed by atoms with Gasteiger partial charge in [0.2, 0.25) is 0 Å². The highest BCUT2D eigenvalue weighted by atomic mass is 16.3. The van der Waals surface area contributed by atoms with Crippen LogP contribution in [0.2, 0.25) is 0 Å². The lowest BCUT2D eigenvalue weighted by molar-refractivity contribution is -0.0170. The molecule has 1 aliphatic rings. The Hall–Kier alpha value is -0.520. The molecule has 12 heavy (non-hydrogen) atoms. The molecule has 0 spiro atoms. The van der Waals surface area contributed by atoms with Gasteiger partial charge >= 0.3 is 0 Å². The number of aliphatic hydroxyl groups is 1. The minimum absolute atomic E-state index is 0.370. The van der Waals surface area contributed by atoms with Gasteiger partial charge in [0.25, 0.3) is 0 Å². The zero-order valence-corrected chi connectivity index (χ0v) is 8.04. The molecule has 1 rings (SSSR count). The molecule has 68 valence electrons. The van der Waals surface area contributed by atoms with Gasteiger partial charge in [-0.2, -0.15) is 0 Å². The van der Waals surface area contributed by atoms with Crippen LogP contribution in [0.1, 0.15) is 26.7 Å². The molecule has 1 aliphatic heterocycles. The van der Waals surface area contributed by atoms with Gasteiger partial charge in [-0.3, -0.25) is 0 Å². The van der Waals surface area contributed by atoms with Crippen LogP contribution in [-0.2, 0) is 0 Å². The summed E-state index contributed by atoms with van der Waals surface area (Å²) in [6.07, 6.45) is 6.66. The lowest BCUT2D eigenvalue weighted by Crippen LogP contribution is -2.51. The molecular weight excluding hydrogens is 150 g/mol. The van der Waals surface area contributed by atoms with Crippen molar-refractivity contribution in [2.75, 3.05) is 7.05 Å². The first-order valence-corrected chi connectivity index (χ1v) is 4.40. The van der Waals surface area contributed by atoms with Crippen molar-refractivity contribution in [3.05, 3.63) is 0 Å². The van der Waals surface area contributed by atoms with E-state index < -0.39 is 5.60 Å². The monoisotopic (exact) mass is 167 g/mol.